The second-order valence-corrected chi connectivity index (χ2v) is 8.06. The van der Waals surface area contributed by atoms with Crippen molar-refractivity contribution in [3.8, 4) is 17.2 Å². The number of hydrogen-bond acceptors (Lipinski definition) is 6. The molecule has 1 fully saturated rings. The minimum absolute atomic E-state index is 0.220. The number of piperazine rings is 1. The van der Waals surface area contributed by atoms with Gasteiger partial charge in [-0.1, -0.05) is 30.3 Å². The summed E-state index contributed by atoms with van der Waals surface area (Å²) in [6.45, 7) is 5.07. The summed E-state index contributed by atoms with van der Waals surface area (Å²) < 4.78 is 16.4. The molecule has 0 bridgehead atoms. The number of hydrogen-bond donors (Lipinski definition) is 1. The highest BCUT2D eigenvalue weighted by atomic mass is 16.5. The second-order valence-electron chi connectivity index (χ2n) is 8.06. The van der Waals surface area contributed by atoms with E-state index in [-0.39, 0.29) is 6.61 Å². The number of ether oxygens (including phenoxy) is 3. The van der Waals surface area contributed by atoms with Crippen LogP contribution in [-0.2, 0) is 13.0 Å². The first-order valence-electron chi connectivity index (χ1n) is 11.1. The third kappa shape index (κ3) is 6.35. The Bertz CT molecular complexity index is 774. The van der Waals surface area contributed by atoms with Crippen LogP contribution in [0.25, 0.3) is 0 Å². The Morgan fingerprint density at radius 3 is 2.26 bits per heavy atom. The predicted molar refractivity (Wildman–Crippen MR) is 123 cm³/mol. The Kier molecular flexibility index (Phi) is 9.00. The van der Waals surface area contributed by atoms with Gasteiger partial charge in [-0.15, -0.1) is 0 Å². The minimum atomic E-state index is 0.220. The van der Waals surface area contributed by atoms with Crippen molar-refractivity contribution in [2.75, 3.05) is 54.1 Å². The van der Waals surface area contributed by atoms with Crippen LogP contribution in [0.1, 0.15) is 24.0 Å². The highest BCUT2D eigenvalue weighted by Gasteiger charge is 2.26. The van der Waals surface area contributed by atoms with Gasteiger partial charge in [-0.2, -0.15) is 0 Å². The smallest absolute Gasteiger partial charge is 0.203 e. The molecule has 1 atom stereocenters. The van der Waals surface area contributed by atoms with Crippen molar-refractivity contribution in [1.82, 2.24) is 9.80 Å². The fraction of sp³-hybridized carbons (Fsp3) is 0.520. The lowest BCUT2D eigenvalue weighted by Crippen LogP contribution is -2.53. The largest absolute Gasteiger partial charge is 0.493 e. The Labute approximate surface area is 186 Å². The number of benzene rings is 2. The van der Waals surface area contributed by atoms with Crippen molar-refractivity contribution in [3.63, 3.8) is 0 Å². The molecule has 1 heterocycles. The van der Waals surface area contributed by atoms with Crippen LogP contribution in [-0.4, -0.2) is 75.1 Å². The summed E-state index contributed by atoms with van der Waals surface area (Å²) in [5.41, 5.74) is 2.53. The Balaban J connectivity index is 1.59. The number of aryl methyl sites for hydroxylation is 1. The van der Waals surface area contributed by atoms with E-state index >= 15 is 0 Å². The summed E-state index contributed by atoms with van der Waals surface area (Å²) in [6.07, 6.45) is 3.04. The zero-order valence-electron chi connectivity index (χ0n) is 19.0. The molecule has 3 rings (SSSR count). The first kappa shape index (κ1) is 23.4. The molecule has 2 aromatic carbocycles. The van der Waals surface area contributed by atoms with Gasteiger partial charge < -0.3 is 19.3 Å². The SMILES string of the molecule is COc1cc(CN2CCN(CCCc3ccccc3)C(CCO)C2)cc(OC)c1OC. The molecule has 1 aliphatic rings. The molecule has 1 saturated heterocycles. The number of rotatable bonds is 11. The van der Waals surface area contributed by atoms with Crippen molar-refractivity contribution < 1.29 is 19.3 Å². The Hall–Kier alpha value is -2.28. The van der Waals surface area contributed by atoms with Crippen LogP contribution >= 0.6 is 0 Å². The molecule has 0 aromatic heterocycles. The topological polar surface area (TPSA) is 54.4 Å². The van der Waals surface area contributed by atoms with Crippen molar-refractivity contribution in [2.45, 2.75) is 31.8 Å². The molecule has 0 aliphatic carbocycles. The van der Waals surface area contributed by atoms with Gasteiger partial charge in [-0.05, 0) is 49.1 Å². The monoisotopic (exact) mass is 428 g/mol. The van der Waals surface area contributed by atoms with E-state index < -0.39 is 0 Å². The van der Waals surface area contributed by atoms with E-state index in [1.165, 1.54) is 5.56 Å². The quantitative estimate of drug-likeness (QED) is 0.593. The van der Waals surface area contributed by atoms with E-state index in [4.69, 9.17) is 14.2 Å². The van der Waals surface area contributed by atoms with E-state index in [0.717, 1.165) is 57.5 Å². The van der Waals surface area contributed by atoms with Crippen LogP contribution in [0, 0.1) is 0 Å². The van der Waals surface area contributed by atoms with Gasteiger partial charge in [-0.3, -0.25) is 9.80 Å². The van der Waals surface area contributed by atoms with E-state index in [9.17, 15) is 5.11 Å². The average Bonchev–Trinajstić information content (AvgIpc) is 2.80. The van der Waals surface area contributed by atoms with Gasteiger partial charge in [0.2, 0.25) is 5.75 Å². The maximum Gasteiger partial charge on any atom is 0.203 e. The van der Waals surface area contributed by atoms with Crippen LogP contribution in [0.5, 0.6) is 17.2 Å². The van der Waals surface area contributed by atoms with Gasteiger partial charge >= 0.3 is 0 Å². The number of nitrogens with zero attached hydrogens (tertiary/aromatic N) is 2. The van der Waals surface area contributed by atoms with E-state index in [1.54, 1.807) is 21.3 Å². The molecule has 0 amide bonds. The summed E-state index contributed by atoms with van der Waals surface area (Å²) in [5.74, 6) is 1.99. The van der Waals surface area contributed by atoms with Gasteiger partial charge in [0.1, 0.15) is 0 Å². The van der Waals surface area contributed by atoms with Gasteiger partial charge in [0.05, 0.1) is 21.3 Å². The van der Waals surface area contributed by atoms with Crippen LogP contribution in [0.2, 0.25) is 0 Å². The fourth-order valence-corrected chi connectivity index (χ4v) is 4.43. The highest BCUT2D eigenvalue weighted by molar-refractivity contribution is 5.53. The molecule has 1 aliphatic heterocycles. The van der Waals surface area contributed by atoms with E-state index in [0.29, 0.717) is 23.3 Å². The minimum Gasteiger partial charge on any atom is -0.493 e. The molecule has 1 unspecified atom stereocenters. The lowest BCUT2D eigenvalue weighted by atomic mass is 10.1. The van der Waals surface area contributed by atoms with Crippen LogP contribution in [0.4, 0.5) is 0 Å². The summed E-state index contributed by atoms with van der Waals surface area (Å²) in [4.78, 5) is 5.00. The average molecular weight is 429 g/mol. The lowest BCUT2D eigenvalue weighted by Gasteiger charge is -2.41. The number of aliphatic hydroxyl groups is 1. The molecule has 0 saturated carbocycles. The van der Waals surface area contributed by atoms with Crippen LogP contribution in [0.3, 0.4) is 0 Å². The molecule has 0 radical (unpaired) electrons. The lowest BCUT2D eigenvalue weighted by molar-refractivity contribution is 0.0546. The maximum absolute atomic E-state index is 9.62. The van der Waals surface area contributed by atoms with Gasteiger partial charge in [0.25, 0.3) is 0 Å². The molecule has 2 aromatic rings. The first-order valence-corrected chi connectivity index (χ1v) is 11.1. The van der Waals surface area contributed by atoms with Crippen LogP contribution < -0.4 is 14.2 Å². The molecule has 6 heteroatoms. The second kappa shape index (κ2) is 11.9. The first-order chi connectivity index (χ1) is 15.2. The third-order valence-electron chi connectivity index (χ3n) is 6.04. The van der Waals surface area contributed by atoms with E-state index in [1.807, 2.05) is 12.1 Å². The molecule has 170 valence electrons. The molecule has 6 nitrogen and oxygen atoms in total. The van der Waals surface area contributed by atoms with Gasteiger partial charge in [-0.25, -0.2) is 0 Å². The Morgan fingerprint density at radius 1 is 0.935 bits per heavy atom. The van der Waals surface area contributed by atoms with Crippen LogP contribution in [0.15, 0.2) is 42.5 Å². The number of methoxy groups -OCH3 is 3. The summed E-state index contributed by atoms with van der Waals surface area (Å²) in [6, 6.07) is 15.1. The highest BCUT2D eigenvalue weighted by Crippen LogP contribution is 2.38. The van der Waals surface area contributed by atoms with Crippen molar-refractivity contribution in [3.05, 3.63) is 53.6 Å². The Morgan fingerprint density at radius 2 is 1.65 bits per heavy atom. The molecule has 1 N–H and O–H groups in total. The molecule has 0 spiro atoms. The zero-order valence-corrected chi connectivity index (χ0v) is 19.0. The fourth-order valence-electron chi connectivity index (χ4n) is 4.43. The number of aliphatic hydroxyl groups excluding tert-OH is 1. The normalized spacial score (nSPS) is 17.5. The molecule has 31 heavy (non-hydrogen) atoms. The van der Waals surface area contributed by atoms with Crippen molar-refractivity contribution in [1.29, 1.82) is 0 Å². The molecular weight excluding hydrogens is 392 g/mol. The van der Waals surface area contributed by atoms with E-state index in [2.05, 4.69) is 40.1 Å². The predicted octanol–water partition coefficient (Wildman–Crippen LogP) is 3.21. The molecular formula is C25H36N2O4. The van der Waals surface area contributed by atoms with Crippen molar-refractivity contribution in [2.24, 2.45) is 0 Å². The summed E-state index contributed by atoms with van der Waals surface area (Å²) >= 11 is 0. The maximum atomic E-state index is 9.62. The van der Waals surface area contributed by atoms with Crippen molar-refractivity contribution >= 4 is 0 Å². The summed E-state index contributed by atoms with van der Waals surface area (Å²) in [5, 5.41) is 9.62. The van der Waals surface area contributed by atoms with Gasteiger partial charge in [0, 0.05) is 38.8 Å². The standard InChI is InChI=1S/C25H36N2O4/c1-29-23-16-21(17-24(30-2)25(23)31-3)18-26-13-14-27(22(19-26)11-15-28)12-7-10-20-8-5-4-6-9-20/h4-6,8-9,16-17,22,28H,7,10-15,18-19H2,1-3H3. The third-order valence-corrected chi connectivity index (χ3v) is 6.04. The summed E-state index contributed by atoms with van der Waals surface area (Å²) in [7, 11) is 4.91. The zero-order chi connectivity index (χ0) is 22.1. The van der Waals surface area contributed by atoms with Gasteiger partial charge in [0.15, 0.2) is 11.5 Å².